The smallest absolute Gasteiger partial charge is 0.462 e. The molecule has 2 unspecified atom stereocenters. The van der Waals surface area contributed by atoms with Crippen LogP contribution in [0.4, 0.5) is 0 Å². The molecular weight excluding hydrogens is 1160 g/mol. The average Bonchev–Trinajstić information content (AvgIpc) is 3.63. The number of unbranched alkanes of at least 4 members (excludes halogenated alkanes) is 32. The van der Waals surface area contributed by atoms with Gasteiger partial charge >= 0.3 is 39.5 Å². The number of aliphatic hydroxyl groups excluding tert-OH is 1. The summed E-state index contributed by atoms with van der Waals surface area (Å²) in [7, 11) is -9.90. The molecule has 522 valence electrons. The summed E-state index contributed by atoms with van der Waals surface area (Å²) in [5.41, 5.74) is 0. The number of aliphatic hydroxyl groups is 1. The molecule has 0 rings (SSSR count). The Morgan fingerprint density at radius 3 is 0.705 bits per heavy atom. The summed E-state index contributed by atoms with van der Waals surface area (Å²) in [5, 5.41) is 10.6. The van der Waals surface area contributed by atoms with Crippen molar-refractivity contribution in [2.24, 2.45) is 23.7 Å². The highest BCUT2D eigenvalue weighted by atomic mass is 31.2. The topological polar surface area (TPSA) is 237 Å². The molecule has 0 saturated carbocycles. The van der Waals surface area contributed by atoms with Crippen LogP contribution in [0.3, 0.4) is 0 Å². The summed E-state index contributed by atoms with van der Waals surface area (Å²) in [6.45, 7) is 14.0. The van der Waals surface area contributed by atoms with Gasteiger partial charge in [0, 0.05) is 25.7 Å². The van der Waals surface area contributed by atoms with Gasteiger partial charge in [-0.1, -0.05) is 287 Å². The molecule has 0 aliphatic carbocycles. The van der Waals surface area contributed by atoms with Gasteiger partial charge < -0.3 is 33.8 Å². The van der Waals surface area contributed by atoms with Crippen LogP contribution >= 0.6 is 15.6 Å². The van der Waals surface area contributed by atoms with Crippen LogP contribution in [0.15, 0.2) is 0 Å². The second-order valence-electron chi connectivity index (χ2n) is 26.8. The molecule has 0 aromatic carbocycles. The van der Waals surface area contributed by atoms with Gasteiger partial charge in [-0.15, -0.1) is 0 Å². The first-order valence-corrected chi connectivity index (χ1v) is 38.7. The van der Waals surface area contributed by atoms with Crippen molar-refractivity contribution in [3.63, 3.8) is 0 Å². The van der Waals surface area contributed by atoms with Gasteiger partial charge in [-0.2, -0.15) is 0 Å². The first-order chi connectivity index (χ1) is 42.1. The monoisotopic (exact) mass is 1300 g/mol. The number of carbonyl (C=O) groups is 4. The molecule has 0 aliphatic heterocycles. The zero-order valence-electron chi connectivity index (χ0n) is 57.3. The molecular formula is C69H134O17P2. The Morgan fingerprint density at radius 2 is 0.477 bits per heavy atom. The summed E-state index contributed by atoms with van der Waals surface area (Å²) in [5.74, 6) is 0.766. The van der Waals surface area contributed by atoms with Crippen LogP contribution in [0.25, 0.3) is 0 Å². The van der Waals surface area contributed by atoms with Crippen molar-refractivity contribution < 1.29 is 80.2 Å². The van der Waals surface area contributed by atoms with Gasteiger partial charge in [0.25, 0.3) is 0 Å². The second kappa shape index (κ2) is 58.8. The first-order valence-electron chi connectivity index (χ1n) is 35.7. The van der Waals surface area contributed by atoms with E-state index in [4.69, 9.17) is 37.0 Å². The van der Waals surface area contributed by atoms with E-state index in [1.165, 1.54) is 135 Å². The van der Waals surface area contributed by atoms with Gasteiger partial charge in [-0.3, -0.25) is 37.3 Å². The minimum Gasteiger partial charge on any atom is -0.462 e. The lowest BCUT2D eigenvalue weighted by molar-refractivity contribution is -0.161. The number of phosphoric ester groups is 2. The summed E-state index contributed by atoms with van der Waals surface area (Å²) in [6, 6.07) is 0. The largest absolute Gasteiger partial charge is 0.472 e. The van der Waals surface area contributed by atoms with Crippen LogP contribution in [0.1, 0.15) is 338 Å². The Labute approximate surface area is 537 Å². The summed E-state index contributed by atoms with van der Waals surface area (Å²) in [4.78, 5) is 72.4. The van der Waals surface area contributed by atoms with E-state index in [0.29, 0.717) is 37.5 Å². The molecule has 0 aliphatic rings. The highest BCUT2D eigenvalue weighted by Gasteiger charge is 2.30. The number of rotatable bonds is 66. The van der Waals surface area contributed by atoms with E-state index in [2.05, 4.69) is 55.4 Å². The van der Waals surface area contributed by atoms with Gasteiger partial charge in [-0.25, -0.2) is 9.13 Å². The van der Waals surface area contributed by atoms with Gasteiger partial charge in [0.2, 0.25) is 0 Å². The van der Waals surface area contributed by atoms with Gasteiger partial charge in [0.1, 0.15) is 19.3 Å². The number of phosphoric acid groups is 2. The maximum atomic E-state index is 13.0. The van der Waals surface area contributed by atoms with Crippen molar-refractivity contribution in [1.29, 1.82) is 0 Å². The highest BCUT2D eigenvalue weighted by Crippen LogP contribution is 2.45. The predicted octanol–water partition coefficient (Wildman–Crippen LogP) is 19.3. The van der Waals surface area contributed by atoms with E-state index in [0.717, 1.165) is 108 Å². The predicted molar refractivity (Wildman–Crippen MR) is 354 cm³/mol. The van der Waals surface area contributed by atoms with Crippen molar-refractivity contribution in [3.05, 3.63) is 0 Å². The Hall–Kier alpha value is -1.94. The van der Waals surface area contributed by atoms with Crippen LogP contribution in [-0.4, -0.2) is 96.7 Å². The zero-order valence-corrected chi connectivity index (χ0v) is 59.1. The molecule has 17 nitrogen and oxygen atoms in total. The molecule has 0 radical (unpaired) electrons. The summed E-state index contributed by atoms with van der Waals surface area (Å²) in [6.07, 6.45) is 40.7. The summed E-state index contributed by atoms with van der Waals surface area (Å²) >= 11 is 0. The maximum absolute atomic E-state index is 13.0. The molecule has 0 aromatic heterocycles. The van der Waals surface area contributed by atoms with E-state index in [1.807, 2.05) is 0 Å². The molecule has 0 amide bonds. The normalized spacial score (nSPS) is 14.3. The molecule has 0 saturated heterocycles. The lowest BCUT2D eigenvalue weighted by Gasteiger charge is -2.21. The van der Waals surface area contributed by atoms with Crippen molar-refractivity contribution >= 4 is 39.5 Å². The van der Waals surface area contributed by atoms with Gasteiger partial charge in [-0.05, 0) is 49.4 Å². The number of ether oxygens (including phenoxy) is 4. The molecule has 0 bridgehead atoms. The minimum atomic E-state index is -4.95. The number of esters is 4. The SMILES string of the molecule is CC(C)CCCCCCCCCCCCCCCCC(=O)O[C@H](COC(=O)CCCCCCCCC(C)C)COP(=O)(O)OC[C@H](O)COP(=O)(O)OC[C@@H](COC(=O)CCCCCCCCCCCCC(C)C)OC(=O)CCCCCCCCC(C)C. The van der Waals surface area contributed by atoms with E-state index in [1.54, 1.807) is 0 Å². The molecule has 0 spiro atoms. The van der Waals surface area contributed by atoms with Gasteiger partial charge in [0.05, 0.1) is 26.4 Å². The summed E-state index contributed by atoms with van der Waals surface area (Å²) < 4.78 is 68.1. The lowest BCUT2D eigenvalue weighted by atomic mass is 10.0. The number of hydrogen-bond donors (Lipinski definition) is 3. The van der Waals surface area contributed by atoms with Crippen molar-refractivity contribution in [1.82, 2.24) is 0 Å². The lowest BCUT2D eigenvalue weighted by Crippen LogP contribution is -2.30. The molecule has 0 fully saturated rings. The highest BCUT2D eigenvalue weighted by molar-refractivity contribution is 7.47. The third-order valence-electron chi connectivity index (χ3n) is 15.8. The van der Waals surface area contributed by atoms with Crippen LogP contribution in [-0.2, 0) is 65.4 Å². The third-order valence-corrected chi connectivity index (χ3v) is 17.7. The van der Waals surface area contributed by atoms with Crippen LogP contribution in [0.5, 0.6) is 0 Å². The van der Waals surface area contributed by atoms with Crippen LogP contribution in [0.2, 0.25) is 0 Å². The Bertz CT molecular complexity index is 1750. The molecule has 88 heavy (non-hydrogen) atoms. The molecule has 19 heteroatoms. The van der Waals surface area contributed by atoms with E-state index in [-0.39, 0.29) is 25.7 Å². The first kappa shape index (κ1) is 86.1. The Morgan fingerprint density at radius 1 is 0.284 bits per heavy atom. The van der Waals surface area contributed by atoms with Crippen molar-refractivity contribution in [2.75, 3.05) is 39.6 Å². The fourth-order valence-corrected chi connectivity index (χ4v) is 11.9. The van der Waals surface area contributed by atoms with Crippen LogP contribution in [0, 0.1) is 23.7 Å². The van der Waals surface area contributed by atoms with E-state index >= 15 is 0 Å². The second-order valence-corrected chi connectivity index (χ2v) is 29.7. The molecule has 3 N–H and O–H groups in total. The molecule has 0 heterocycles. The Kier molecular flexibility index (Phi) is 57.6. The quantitative estimate of drug-likeness (QED) is 0.0222. The third kappa shape index (κ3) is 62.8. The van der Waals surface area contributed by atoms with E-state index < -0.39 is 97.5 Å². The zero-order chi connectivity index (χ0) is 65.4. The minimum absolute atomic E-state index is 0.101. The molecule has 5 atom stereocenters. The fraction of sp³-hybridized carbons (Fsp3) is 0.942. The fourth-order valence-electron chi connectivity index (χ4n) is 10.3. The van der Waals surface area contributed by atoms with Crippen LogP contribution < -0.4 is 0 Å². The average molecular weight is 1300 g/mol. The van der Waals surface area contributed by atoms with Crippen molar-refractivity contribution in [3.8, 4) is 0 Å². The molecule has 0 aromatic rings. The van der Waals surface area contributed by atoms with E-state index in [9.17, 15) is 43.2 Å². The Balaban J connectivity index is 5.19. The number of hydrogen-bond acceptors (Lipinski definition) is 15. The van der Waals surface area contributed by atoms with Gasteiger partial charge in [0.15, 0.2) is 12.2 Å². The maximum Gasteiger partial charge on any atom is 0.472 e. The van der Waals surface area contributed by atoms with Crippen molar-refractivity contribution in [2.45, 2.75) is 356 Å². The number of carbonyl (C=O) groups excluding carboxylic acids is 4. The standard InChI is InChI=1S/C69H134O17P2/c1-59(2)45-37-29-21-17-13-11-9-10-12-14-20-24-35-43-51-68(73)85-64(56-80-67(72)50-42-34-27-25-31-39-47-61(5)6)57-83-87(75,76)81-53-63(70)54-82-88(77,78)84-58-65(86-69(74)52-44-36-28-26-32-40-48-62(7)8)55-79-66(71)49-41-33-23-19-16-15-18-22-30-38-46-60(3)4/h59-65,70H,9-58H2,1-8H3,(H,75,76)(H,77,78)/t63-,64+,65+/m0/s1.